The molecule has 0 aliphatic carbocycles. The highest BCUT2D eigenvalue weighted by Gasteiger charge is 2.04. The first-order valence-electron chi connectivity index (χ1n) is 9.21. The van der Waals surface area contributed by atoms with Gasteiger partial charge in [-0.1, -0.05) is 56.1 Å². The third-order valence-corrected chi connectivity index (χ3v) is 5.49. The minimum absolute atomic E-state index is 0.578. The molecule has 0 bridgehead atoms. The molecule has 0 atom stereocenters. The molecule has 5 rings (SSSR count). The predicted molar refractivity (Wildman–Crippen MR) is 128 cm³/mol. The summed E-state index contributed by atoms with van der Waals surface area (Å²) in [6, 6.07) is 19.7. The highest BCUT2D eigenvalue weighted by atomic mass is 79.9. The van der Waals surface area contributed by atoms with Gasteiger partial charge in [0.15, 0.2) is 11.2 Å². The van der Waals surface area contributed by atoms with E-state index in [0.29, 0.717) is 11.8 Å². The van der Waals surface area contributed by atoms with Crippen LogP contribution >= 0.6 is 31.9 Å². The highest BCUT2D eigenvalue weighted by molar-refractivity contribution is 9.10. The fraction of sp³-hybridized carbons (Fsp3) is 0. The van der Waals surface area contributed by atoms with Crippen molar-refractivity contribution < 1.29 is 8.83 Å². The molecule has 0 radical (unpaired) electrons. The molecule has 0 amide bonds. The number of hydrogen-bond acceptors (Lipinski definition) is 4. The zero-order valence-electron chi connectivity index (χ0n) is 15.5. The summed E-state index contributed by atoms with van der Waals surface area (Å²) in [7, 11) is 0. The molecule has 0 unspecified atom stereocenters. The van der Waals surface area contributed by atoms with Gasteiger partial charge in [0, 0.05) is 21.1 Å². The van der Waals surface area contributed by atoms with E-state index in [0.717, 1.165) is 42.3 Å². The molecule has 2 heterocycles. The molecule has 0 N–H and O–H groups in total. The molecule has 0 aliphatic rings. The van der Waals surface area contributed by atoms with Crippen molar-refractivity contribution >= 4 is 78.4 Å². The lowest BCUT2D eigenvalue weighted by atomic mass is 10.1. The molecule has 4 nitrogen and oxygen atoms in total. The number of fused-ring (bicyclic) bond motifs is 2. The lowest BCUT2D eigenvalue weighted by Crippen LogP contribution is -1.76. The number of oxazole rings is 2. The van der Waals surface area contributed by atoms with E-state index in [-0.39, 0.29) is 0 Å². The maximum Gasteiger partial charge on any atom is 0.220 e. The van der Waals surface area contributed by atoms with Crippen LogP contribution in [0.3, 0.4) is 0 Å². The first-order valence-corrected chi connectivity index (χ1v) is 10.8. The minimum atomic E-state index is 0.578. The van der Waals surface area contributed by atoms with Gasteiger partial charge in [-0.15, -0.1) is 0 Å². The Labute approximate surface area is 189 Å². The number of benzene rings is 3. The SMILES string of the molecule is Brc1ccc2oc(C=Cc3ccc(C=Cc4nc5cc(Br)ccc5o4)cc3)nc2c1. The first kappa shape index (κ1) is 19.0. The molecule has 2 aromatic heterocycles. The van der Waals surface area contributed by atoms with Crippen LogP contribution in [0.1, 0.15) is 22.9 Å². The van der Waals surface area contributed by atoms with Gasteiger partial charge in [0.05, 0.1) is 0 Å². The fourth-order valence-corrected chi connectivity index (χ4v) is 3.73. The van der Waals surface area contributed by atoms with Gasteiger partial charge in [-0.25, -0.2) is 9.97 Å². The second kappa shape index (κ2) is 8.05. The Bertz CT molecular complexity index is 1300. The quantitative estimate of drug-likeness (QED) is 0.242. The van der Waals surface area contributed by atoms with Crippen LogP contribution in [0.2, 0.25) is 0 Å². The predicted octanol–water partition coefficient (Wildman–Crippen LogP) is 7.83. The van der Waals surface area contributed by atoms with E-state index < -0.39 is 0 Å². The summed E-state index contributed by atoms with van der Waals surface area (Å²) in [6.45, 7) is 0. The molecule has 30 heavy (non-hydrogen) atoms. The summed E-state index contributed by atoms with van der Waals surface area (Å²) in [5, 5.41) is 0. The maximum atomic E-state index is 5.74. The van der Waals surface area contributed by atoms with Crippen LogP contribution in [0.15, 0.2) is 78.4 Å². The Morgan fingerprint density at radius 3 is 1.43 bits per heavy atom. The van der Waals surface area contributed by atoms with Crippen molar-refractivity contribution in [3.63, 3.8) is 0 Å². The van der Waals surface area contributed by atoms with Crippen molar-refractivity contribution in [1.29, 1.82) is 0 Å². The maximum absolute atomic E-state index is 5.74. The fourth-order valence-electron chi connectivity index (χ4n) is 3.03. The molecule has 5 aromatic rings. The second-order valence-electron chi connectivity index (χ2n) is 6.66. The van der Waals surface area contributed by atoms with Crippen molar-refractivity contribution in [2.75, 3.05) is 0 Å². The van der Waals surface area contributed by atoms with E-state index >= 15 is 0 Å². The molecule has 0 saturated heterocycles. The number of halogens is 2. The Hall–Kier alpha value is -2.96. The molecule has 3 aromatic carbocycles. The van der Waals surface area contributed by atoms with E-state index in [1.54, 1.807) is 0 Å². The van der Waals surface area contributed by atoms with Gasteiger partial charge in [-0.3, -0.25) is 0 Å². The van der Waals surface area contributed by atoms with Crippen LogP contribution in [0.4, 0.5) is 0 Å². The Morgan fingerprint density at radius 1 is 0.567 bits per heavy atom. The topological polar surface area (TPSA) is 52.1 Å². The highest BCUT2D eigenvalue weighted by Crippen LogP contribution is 2.23. The molecule has 0 spiro atoms. The normalized spacial score (nSPS) is 12.1. The summed E-state index contributed by atoms with van der Waals surface area (Å²) in [4.78, 5) is 8.96. The van der Waals surface area contributed by atoms with E-state index in [1.807, 2.05) is 85.0 Å². The average Bonchev–Trinajstić information content (AvgIpc) is 3.34. The lowest BCUT2D eigenvalue weighted by Gasteiger charge is -1.95. The van der Waals surface area contributed by atoms with Crippen LogP contribution in [-0.4, -0.2) is 9.97 Å². The van der Waals surface area contributed by atoms with Gasteiger partial charge in [-0.2, -0.15) is 0 Å². The Morgan fingerprint density at radius 2 is 1.00 bits per heavy atom. The monoisotopic (exact) mass is 520 g/mol. The zero-order valence-corrected chi connectivity index (χ0v) is 18.7. The zero-order chi connectivity index (χ0) is 20.5. The second-order valence-corrected chi connectivity index (χ2v) is 8.49. The van der Waals surface area contributed by atoms with Crippen molar-refractivity contribution in [2.24, 2.45) is 0 Å². The van der Waals surface area contributed by atoms with E-state index in [9.17, 15) is 0 Å². The largest absolute Gasteiger partial charge is 0.437 e. The smallest absolute Gasteiger partial charge is 0.220 e. The molecule has 0 fully saturated rings. The summed E-state index contributed by atoms with van der Waals surface area (Å²) < 4.78 is 13.4. The van der Waals surface area contributed by atoms with Gasteiger partial charge >= 0.3 is 0 Å². The third-order valence-electron chi connectivity index (χ3n) is 4.51. The van der Waals surface area contributed by atoms with Gasteiger partial charge in [0.1, 0.15) is 11.0 Å². The summed E-state index contributed by atoms with van der Waals surface area (Å²) >= 11 is 6.89. The van der Waals surface area contributed by atoms with Gasteiger partial charge in [-0.05, 0) is 59.7 Å². The minimum Gasteiger partial charge on any atom is -0.437 e. The number of hydrogen-bond donors (Lipinski definition) is 0. The van der Waals surface area contributed by atoms with Crippen molar-refractivity contribution in [1.82, 2.24) is 9.97 Å². The van der Waals surface area contributed by atoms with E-state index in [2.05, 4.69) is 41.8 Å². The standard InChI is InChI=1S/C24H14Br2N2O2/c25-17-7-9-21-19(13-17)27-23(29-21)11-5-15-1-2-16(4-3-15)6-12-24-28-20-14-18(26)8-10-22(20)30-24/h1-14H. The number of rotatable bonds is 4. The average molecular weight is 522 g/mol. The van der Waals surface area contributed by atoms with Crippen LogP contribution in [-0.2, 0) is 0 Å². The van der Waals surface area contributed by atoms with Crippen molar-refractivity contribution in [2.45, 2.75) is 0 Å². The van der Waals surface area contributed by atoms with Gasteiger partial charge in [0.2, 0.25) is 11.8 Å². The molecule has 0 aliphatic heterocycles. The number of aromatic nitrogens is 2. The number of nitrogens with zero attached hydrogens (tertiary/aromatic N) is 2. The molecule has 146 valence electrons. The molecular formula is C24H14Br2N2O2. The van der Waals surface area contributed by atoms with Gasteiger partial charge in [0.25, 0.3) is 0 Å². The molecule has 6 heteroatoms. The van der Waals surface area contributed by atoms with Crippen molar-refractivity contribution in [3.8, 4) is 0 Å². The van der Waals surface area contributed by atoms with Crippen molar-refractivity contribution in [3.05, 3.63) is 92.5 Å². The van der Waals surface area contributed by atoms with Crippen LogP contribution in [0, 0.1) is 0 Å². The third kappa shape index (κ3) is 4.15. The van der Waals surface area contributed by atoms with E-state index in [1.165, 1.54) is 0 Å². The first-order chi connectivity index (χ1) is 14.6. The molecular weight excluding hydrogens is 508 g/mol. The van der Waals surface area contributed by atoms with Crippen LogP contribution in [0.25, 0.3) is 46.5 Å². The van der Waals surface area contributed by atoms with Crippen LogP contribution < -0.4 is 0 Å². The summed E-state index contributed by atoms with van der Waals surface area (Å²) in [5.74, 6) is 1.16. The van der Waals surface area contributed by atoms with E-state index in [4.69, 9.17) is 8.83 Å². The lowest BCUT2D eigenvalue weighted by molar-refractivity contribution is 0.589. The molecule has 0 saturated carbocycles. The Balaban J connectivity index is 1.30. The summed E-state index contributed by atoms with van der Waals surface area (Å²) in [5.41, 5.74) is 5.31. The summed E-state index contributed by atoms with van der Waals surface area (Å²) in [6.07, 6.45) is 7.70. The Kier molecular flexibility index (Phi) is 5.11. The van der Waals surface area contributed by atoms with Crippen LogP contribution in [0.5, 0.6) is 0 Å². The van der Waals surface area contributed by atoms with Gasteiger partial charge < -0.3 is 8.83 Å².